The number of carbonyl (C=O) groups excluding carboxylic acids is 1. The molecule has 0 unspecified atom stereocenters. The molecule has 0 bridgehead atoms. The van der Waals surface area contributed by atoms with E-state index in [2.05, 4.69) is 26.8 Å². The van der Waals surface area contributed by atoms with Crippen molar-refractivity contribution in [2.24, 2.45) is 0 Å². The SMILES string of the molecule is CC(=O)c1ccc2c(C(=S)NCCN(C)C)c3ccccc3n2c1. The molecule has 0 saturated heterocycles. The molecule has 5 heteroatoms. The molecule has 3 aromatic rings. The zero-order valence-electron chi connectivity index (χ0n) is 14.2. The number of pyridine rings is 1. The number of benzene rings is 1. The van der Waals surface area contributed by atoms with Gasteiger partial charge in [-0.3, -0.25) is 4.79 Å². The van der Waals surface area contributed by atoms with Crippen LogP contribution in [0.25, 0.3) is 16.4 Å². The van der Waals surface area contributed by atoms with E-state index < -0.39 is 0 Å². The Kier molecular flexibility index (Phi) is 4.64. The van der Waals surface area contributed by atoms with E-state index in [-0.39, 0.29) is 5.78 Å². The van der Waals surface area contributed by atoms with Gasteiger partial charge < -0.3 is 14.6 Å². The number of para-hydroxylation sites is 1. The molecule has 0 aliphatic rings. The standard InChI is InChI=1S/C19H21N3OS/c1-13(23)14-8-9-17-18(19(24)20-10-11-21(2)3)15-6-4-5-7-16(15)22(17)12-14/h4-9,12H,10-11H2,1-3H3,(H,20,24). The van der Waals surface area contributed by atoms with Crippen molar-refractivity contribution in [1.82, 2.24) is 14.6 Å². The summed E-state index contributed by atoms with van der Waals surface area (Å²) in [4.78, 5) is 14.6. The number of nitrogens with zero attached hydrogens (tertiary/aromatic N) is 2. The molecule has 3 rings (SSSR count). The largest absolute Gasteiger partial charge is 0.374 e. The van der Waals surface area contributed by atoms with E-state index in [1.165, 1.54) is 0 Å². The van der Waals surface area contributed by atoms with Gasteiger partial charge in [-0.2, -0.15) is 0 Å². The van der Waals surface area contributed by atoms with E-state index in [1.807, 2.05) is 44.6 Å². The highest BCUT2D eigenvalue weighted by Gasteiger charge is 2.16. The Morgan fingerprint density at radius 3 is 2.62 bits per heavy atom. The van der Waals surface area contributed by atoms with E-state index in [0.29, 0.717) is 5.56 Å². The minimum atomic E-state index is 0.0583. The molecule has 2 heterocycles. The van der Waals surface area contributed by atoms with Crippen LogP contribution in [-0.4, -0.2) is 47.3 Å². The Bertz CT molecular complexity index is 927. The quantitative estimate of drug-likeness (QED) is 0.572. The number of carbonyl (C=O) groups is 1. The third-order valence-corrected chi connectivity index (χ3v) is 4.46. The van der Waals surface area contributed by atoms with Crippen LogP contribution in [0.4, 0.5) is 0 Å². The molecule has 1 N–H and O–H groups in total. The predicted octanol–water partition coefficient (Wildman–Crippen LogP) is 3.12. The van der Waals surface area contributed by atoms with Gasteiger partial charge in [-0.15, -0.1) is 0 Å². The van der Waals surface area contributed by atoms with Crippen molar-refractivity contribution in [3.63, 3.8) is 0 Å². The number of ketones is 1. The van der Waals surface area contributed by atoms with Gasteiger partial charge in [-0.25, -0.2) is 0 Å². The molecular formula is C19H21N3OS. The average Bonchev–Trinajstić information content (AvgIpc) is 2.88. The molecule has 0 atom stereocenters. The van der Waals surface area contributed by atoms with Gasteiger partial charge in [0.25, 0.3) is 0 Å². The number of likely N-dealkylation sites (N-methyl/N-ethyl adjacent to an activating group) is 1. The van der Waals surface area contributed by atoms with Gasteiger partial charge in [0, 0.05) is 35.8 Å². The van der Waals surface area contributed by atoms with Gasteiger partial charge >= 0.3 is 0 Å². The van der Waals surface area contributed by atoms with Gasteiger partial charge in [-0.1, -0.05) is 30.4 Å². The first kappa shape index (κ1) is 16.6. The number of aromatic nitrogens is 1. The number of hydrogen-bond acceptors (Lipinski definition) is 3. The number of thiocarbonyl (C=S) groups is 1. The first-order valence-electron chi connectivity index (χ1n) is 7.95. The highest BCUT2D eigenvalue weighted by molar-refractivity contribution is 7.80. The lowest BCUT2D eigenvalue weighted by Gasteiger charge is -2.12. The van der Waals surface area contributed by atoms with E-state index >= 15 is 0 Å². The van der Waals surface area contributed by atoms with Crippen LogP contribution in [-0.2, 0) is 0 Å². The fourth-order valence-electron chi connectivity index (χ4n) is 2.87. The molecule has 0 saturated carbocycles. The molecule has 4 nitrogen and oxygen atoms in total. The fourth-order valence-corrected chi connectivity index (χ4v) is 3.18. The van der Waals surface area contributed by atoms with Crippen molar-refractivity contribution < 1.29 is 4.79 Å². The Balaban J connectivity index is 2.11. The summed E-state index contributed by atoms with van der Waals surface area (Å²) in [5.74, 6) is 0.0583. The molecule has 24 heavy (non-hydrogen) atoms. The molecular weight excluding hydrogens is 318 g/mol. The highest BCUT2D eigenvalue weighted by Crippen LogP contribution is 2.27. The summed E-state index contributed by atoms with van der Waals surface area (Å²) in [6.07, 6.45) is 1.89. The van der Waals surface area contributed by atoms with Gasteiger partial charge in [-0.05, 0) is 39.2 Å². The van der Waals surface area contributed by atoms with Crippen molar-refractivity contribution >= 4 is 39.4 Å². The fraction of sp³-hybridized carbons (Fsp3) is 0.263. The predicted molar refractivity (Wildman–Crippen MR) is 103 cm³/mol. The lowest BCUT2D eigenvalue weighted by atomic mass is 10.1. The molecule has 0 spiro atoms. The molecule has 0 aliphatic carbocycles. The zero-order chi connectivity index (χ0) is 17.3. The van der Waals surface area contributed by atoms with Gasteiger partial charge in [0.2, 0.25) is 0 Å². The second-order valence-electron chi connectivity index (χ2n) is 6.18. The third-order valence-electron chi connectivity index (χ3n) is 4.12. The number of nitrogens with one attached hydrogen (secondary N) is 1. The summed E-state index contributed by atoms with van der Waals surface area (Å²) in [7, 11) is 4.08. The van der Waals surface area contributed by atoms with Crippen LogP contribution in [0.15, 0.2) is 42.6 Å². The van der Waals surface area contributed by atoms with E-state index in [0.717, 1.165) is 40.1 Å². The van der Waals surface area contributed by atoms with Crippen LogP contribution < -0.4 is 5.32 Å². The van der Waals surface area contributed by atoms with Crippen molar-refractivity contribution in [2.45, 2.75) is 6.92 Å². The Hall–Kier alpha value is -2.24. The summed E-state index contributed by atoms with van der Waals surface area (Å²) in [6.45, 7) is 3.29. The monoisotopic (exact) mass is 339 g/mol. The van der Waals surface area contributed by atoms with E-state index in [9.17, 15) is 4.79 Å². The van der Waals surface area contributed by atoms with Crippen molar-refractivity contribution in [2.75, 3.05) is 27.2 Å². The number of hydrogen-bond donors (Lipinski definition) is 1. The summed E-state index contributed by atoms with van der Waals surface area (Å²) < 4.78 is 2.06. The first-order valence-corrected chi connectivity index (χ1v) is 8.36. The second-order valence-corrected chi connectivity index (χ2v) is 6.59. The van der Waals surface area contributed by atoms with Crippen LogP contribution in [0.1, 0.15) is 22.8 Å². The van der Waals surface area contributed by atoms with Gasteiger partial charge in [0.05, 0.1) is 11.0 Å². The number of fused-ring (bicyclic) bond motifs is 3. The first-order chi connectivity index (χ1) is 11.5. The average molecular weight is 339 g/mol. The number of Topliss-reactive ketones (excluding diaryl/α,β-unsaturated/α-hetero) is 1. The summed E-state index contributed by atoms with van der Waals surface area (Å²) in [6, 6.07) is 12.0. The van der Waals surface area contributed by atoms with Crippen molar-refractivity contribution in [3.05, 3.63) is 53.7 Å². The summed E-state index contributed by atoms with van der Waals surface area (Å²) >= 11 is 5.66. The van der Waals surface area contributed by atoms with E-state index in [4.69, 9.17) is 12.2 Å². The molecule has 2 aromatic heterocycles. The minimum Gasteiger partial charge on any atom is -0.374 e. The smallest absolute Gasteiger partial charge is 0.161 e. The topological polar surface area (TPSA) is 36.8 Å². The lowest BCUT2D eigenvalue weighted by molar-refractivity contribution is 0.101. The van der Waals surface area contributed by atoms with Gasteiger partial charge in [0.15, 0.2) is 5.78 Å². The zero-order valence-corrected chi connectivity index (χ0v) is 15.0. The van der Waals surface area contributed by atoms with Crippen LogP contribution in [0.2, 0.25) is 0 Å². The molecule has 0 radical (unpaired) electrons. The molecule has 124 valence electrons. The maximum absolute atomic E-state index is 11.7. The molecule has 1 aromatic carbocycles. The third kappa shape index (κ3) is 3.05. The van der Waals surface area contributed by atoms with Crippen LogP contribution in [0.3, 0.4) is 0 Å². The van der Waals surface area contributed by atoms with Gasteiger partial charge in [0.1, 0.15) is 4.99 Å². The molecule has 0 aliphatic heterocycles. The lowest BCUT2D eigenvalue weighted by Crippen LogP contribution is -2.30. The van der Waals surface area contributed by atoms with Crippen LogP contribution in [0, 0.1) is 0 Å². The molecule has 0 amide bonds. The summed E-state index contributed by atoms with van der Waals surface area (Å²) in [5.41, 5.74) is 3.79. The minimum absolute atomic E-state index is 0.0583. The van der Waals surface area contributed by atoms with Crippen molar-refractivity contribution in [3.8, 4) is 0 Å². The Morgan fingerprint density at radius 1 is 1.17 bits per heavy atom. The van der Waals surface area contributed by atoms with Crippen LogP contribution in [0.5, 0.6) is 0 Å². The number of rotatable bonds is 5. The Labute approximate surface area is 147 Å². The van der Waals surface area contributed by atoms with Crippen molar-refractivity contribution in [1.29, 1.82) is 0 Å². The highest BCUT2D eigenvalue weighted by atomic mass is 32.1. The Morgan fingerprint density at radius 2 is 1.92 bits per heavy atom. The normalized spacial score (nSPS) is 11.3. The second kappa shape index (κ2) is 6.71. The van der Waals surface area contributed by atoms with E-state index in [1.54, 1.807) is 6.92 Å². The maximum atomic E-state index is 11.7. The maximum Gasteiger partial charge on any atom is 0.161 e. The summed E-state index contributed by atoms with van der Waals surface area (Å²) in [5, 5.41) is 4.45. The molecule has 0 fully saturated rings. The van der Waals surface area contributed by atoms with Crippen LogP contribution >= 0.6 is 12.2 Å².